The Hall–Kier alpha value is -1.05. The monoisotopic (exact) mass is 164 g/mol. The van der Waals surface area contributed by atoms with Crippen LogP contribution in [0, 0.1) is 6.20 Å². The van der Waals surface area contributed by atoms with Crippen molar-refractivity contribution in [1.82, 2.24) is 4.98 Å². The minimum absolute atomic E-state index is 0.492. The van der Waals surface area contributed by atoms with E-state index in [0.717, 1.165) is 5.75 Å². The first-order valence-corrected chi connectivity index (χ1v) is 4.24. The van der Waals surface area contributed by atoms with Gasteiger partial charge in [-0.15, -0.1) is 0 Å². The quantitative estimate of drug-likeness (QED) is 0.684. The summed E-state index contributed by atoms with van der Waals surface area (Å²) >= 11 is 0. The number of pyridine rings is 1. The van der Waals surface area contributed by atoms with E-state index < -0.39 is 0 Å². The van der Waals surface area contributed by atoms with Crippen LogP contribution in [0.2, 0.25) is 0 Å². The van der Waals surface area contributed by atoms with Crippen LogP contribution in [0.5, 0.6) is 5.75 Å². The van der Waals surface area contributed by atoms with Gasteiger partial charge in [0.1, 0.15) is 11.9 Å². The van der Waals surface area contributed by atoms with Crippen LogP contribution >= 0.6 is 0 Å². The van der Waals surface area contributed by atoms with Crippen LogP contribution in [0.15, 0.2) is 12.3 Å². The highest BCUT2D eigenvalue weighted by Gasteiger charge is 2.01. The Balaban J connectivity index is 2.81. The predicted molar refractivity (Wildman–Crippen MR) is 48.3 cm³/mol. The van der Waals surface area contributed by atoms with Gasteiger partial charge in [0, 0.05) is 6.20 Å². The maximum Gasteiger partial charge on any atom is 0.147 e. The molecule has 0 aliphatic carbocycles. The summed E-state index contributed by atoms with van der Waals surface area (Å²) in [6, 6.07) is 1.99. The van der Waals surface area contributed by atoms with Crippen LogP contribution in [0.1, 0.15) is 32.3 Å². The minimum Gasteiger partial charge on any atom is -0.492 e. The second-order valence-electron chi connectivity index (χ2n) is 2.97. The van der Waals surface area contributed by atoms with Gasteiger partial charge in [0.05, 0.1) is 6.61 Å². The Morgan fingerprint density at radius 3 is 2.92 bits per heavy atom. The summed E-state index contributed by atoms with van der Waals surface area (Å²) in [5.41, 5.74) is 1.19. The molecule has 65 valence electrons. The topological polar surface area (TPSA) is 22.1 Å². The zero-order valence-corrected chi connectivity index (χ0v) is 7.79. The normalized spacial score (nSPS) is 10.3. The van der Waals surface area contributed by atoms with Crippen LogP contribution < -0.4 is 4.74 Å². The fraction of sp³-hybridized carbons (Fsp3) is 0.500. The standard InChI is InChI=1S/C10H14NO/c1-4-12-10-5-9(8(2)3)6-11-7-10/h5-6,8H,4H2,1-3H3. The Morgan fingerprint density at radius 1 is 1.58 bits per heavy atom. The summed E-state index contributed by atoms with van der Waals surface area (Å²) in [5.74, 6) is 1.23. The van der Waals surface area contributed by atoms with Crippen molar-refractivity contribution in [2.75, 3.05) is 6.61 Å². The van der Waals surface area contributed by atoms with Crippen LogP contribution in [0.3, 0.4) is 0 Å². The average Bonchev–Trinajstić information content (AvgIpc) is 2.05. The van der Waals surface area contributed by atoms with E-state index in [1.165, 1.54) is 5.56 Å². The Kier molecular flexibility index (Phi) is 3.09. The van der Waals surface area contributed by atoms with Crippen molar-refractivity contribution in [2.24, 2.45) is 0 Å². The summed E-state index contributed by atoms with van der Waals surface area (Å²) in [5, 5.41) is 0. The molecule has 2 heteroatoms. The molecule has 0 fully saturated rings. The molecule has 0 atom stereocenters. The molecule has 0 N–H and O–H groups in total. The average molecular weight is 164 g/mol. The van der Waals surface area contributed by atoms with E-state index in [0.29, 0.717) is 12.5 Å². The molecule has 1 radical (unpaired) electrons. The summed E-state index contributed by atoms with van der Waals surface area (Å²) in [7, 11) is 0. The van der Waals surface area contributed by atoms with E-state index in [-0.39, 0.29) is 0 Å². The molecule has 0 aliphatic rings. The summed E-state index contributed by atoms with van der Waals surface area (Å²) in [4.78, 5) is 3.97. The van der Waals surface area contributed by atoms with Crippen molar-refractivity contribution in [1.29, 1.82) is 0 Å². The third kappa shape index (κ3) is 2.22. The maximum absolute atomic E-state index is 5.28. The van der Waals surface area contributed by atoms with Gasteiger partial charge in [-0.2, -0.15) is 0 Å². The van der Waals surface area contributed by atoms with Crippen molar-refractivity contribution < 1.29 is 4.74 Å². The van der Waals surface area contributed by atoms with Crippen LogP contribution in [0.25, 0.3) is 0 Å². The molecule has 0 aliphatic heterocycles. The second-order valence-corrected chi connectivity index (χ2v) is 2.97. The molecule has 0 bridgehead atoms. The van der Waals surface area contributed by atoms with Gasteiger partial charge in [-0.3, -0.25) is 4.98 Å². The number of rotatable bonds is 3. The zero-order chi connectivity index (χ0) is 8.97. The Bertz CT molecular complexity index is 245. The molecule has 1 aromatic heterocycles. The van der Waals surface area contributed by atoms with Gasteiger partial charge in [0.15, 0.2) is 0 Å². The predicted octanol–water partition coefficient (Wildman–Crippen LogP) is 2.40. The first kappa shape index (κ1) is 9.04. The molecule has 0 saturated carbocycles. The lowest BCUT2D eigenvalue weighted by atomic mass is 10.1. The summed E-state index contributed by atoms with van der Waals surface area (Å²) < 4.78 is 5.28. The molecular formula is C10H14NO. The fourth-order valence-corrected chi connectivity index (χ4v) is 0.937. The molecule has 0 spiro atoms. The SMILES string of the molecule is CCOc1[c]ncc(C(C)C)c1. The van der Waals surface area contributed by atoms with Crippen molar-refractivity contribution >= 4 is 0 Å². The minimum atomic E-state index is 0.492. The molecule has 1 rings (SSSR count). The first-order chi connectivity index (χ1) is 5.74. The van der Waals surface area contributed by atoms with Gasteiger partial charge in [-0.25, -0.2) is 0 Å². The largest absolute Gasteiger partial charge is 0.492 e. The summed E-state index contributed by atoms with van der Waals surface area (Å²) in [6.45, 7) is 6.88. The van der Waals surface area contributed by atoms with E-state index >= 15 is 0 Å². The Labute approximate surface area is 73.6 Å². The third-order valence-corrected chi connectivity index (χ3v) is 1.65. The fourth-order valence-electron chi connectivity index (χ4n) is 0.937. The number of nitrogens with zero attached hydrogens (tertiary/aromatic N) is 1. The smallest absolute Gasteiger partial charge is 0.147 e. The first-order valence-electron chi connectivity index (χ1n) is 4.24. The van der Waals surface area contributed by atoms with Crippen molar-refractivity contribution in [3.8, 4) is 5.75 Å². The number of hydrogen-bond acceptors (Lipinski definition) is 2. The van der Waals surface area contributed by atoms with Crippen molar-refractivity contribution in [2.45, 2.75) is 26.7 Å². The van der Waals surface area contributed by atoms with Crippen LogP contribution in [0.4, 0.5) is 0 Å². The van der Waals surface area contributed by atoms with E-state index in [2.05, 4.69) is 25.0 Å². The van der Waals surface area contributed by atoms with Crippen molar-refractivity contribution in [3.63, 3.8) is 0 Å². The molecule has 0 amide bonds. The highest BCUT2D eigenvalue weighted by molar-refractivity contribution is 5.24. The summed E-state index contributed by atoms with van der Waals surface area (Å²) in [6.07, 6.45) is 4.62. The molecule has 12 heavy (non-hydrogen) atoms. The maximum atomic E-state index is 5.28. The Morgan fingerprint density at radius 2 is 2.33 bits per heavy atom. The van der Waals surface area contributed by atoms with E-state index in [4.69, 9.17) is 4.74 Å². The zero-order valence-electron chi connectivity index (χ0n) is 7.79. The van der Waals surface area contributed by atoms with Crippen LogP contribution in [-0.4, -0.2) is 11.6 Å². The van der Waals surface area contributed by atoms with Gasteiger partial charge in [0.2, 0.25) is 0 Å². The molecule has 1 heterocycles. The highest BCUT2D eigenvalue weighted by Crippen LogP contribution is 2.17. The van der Waals surface area contributed by atoms with Gasteiger partial charge < -0.3 is 4.74 Å². The lowest BCUT2D eigenvalue weighted by Gasteiger charge is -2.06. The van der Waals surface area contributed by atoms with Gasteiger partial charge in [-0.05, 0) is 24.5 Å². The molecule has 1 aromatic rings. The highest BCUT2D eigenvalue weighted by atomic mass is 16.5. The lowest BCUT2D eigenvalue weighted by Crippen LogP contribution is -1.95. The third-order valence-electron chi connectivity index (χ3n) is 1.65. The van der Waals surface area contributed by atoms with Gasteiger partial charge in [0.25, 0.3) is 0 Å². The van der Waals surface area contributed by atoms with E-state index in [9.17, 15) is 0 Å². The molecule has 0 saturated heterocycles. The molecule has 0 unspecified atom stereocenters. The van der Waals surface area contributed by atoms with E-state index in [1.807, 2.05) is 19.2 Å². The van der Waals surface area contributed by atoms with Gasteiger partial charge >= 0.3 is 0 Å². The van der Waals surface area contributed by atoms with Crippen molar-refractivity contribution in [3.05, 3.63) is 24.0 Å². The van der Waals surface area contributed by atoms with Crippen LogP contribution in [-0.2, 0) is 0 Å². The molecular weight excluding hydrogens is 150 g/mol. The second kappa shape index (κ2) is 4.10. The number of hydrogen-bond donors (Lipinski definition) is 0. The van der Waals surface area contributed by atoms with Gasteiger partial charge in [-0.1, -0.05) is 13.8 Å². The molecule has 2 nitrogen and oxygen atoms in total. The number of aromatic nitrogens is 1. The lowest BCUT2D eigenvalue weighted by molar-refractivity contribution is 0.337. The molecule has 0 aromatic carbocycles. The van der Waals surface area contributed by atoms with E-state index in [1.54, 1.807) is 0 Å². The number of ether oxygens (including phenoxy) is 1.